The van der Waals surface area contributed by atoms with Crippen molar-refractivity contribution in [1.29, 1.82) is 0 Å². The van der Waals surface area contributed by atoms with Crippen LogP contribution in [0, 0.1) is 0 Å². The van der Waals surface area contributed by atoms with E-state index < -0.39 is 0 Å². The van der Waals surface area contributed by atoms with E-state index in [0.29, 0.717) is 12.5 Å². The maximum Gasteiger partial charge on any atom is 0.343 e. The Hall–Kier alpha value is -1.89. The van der Waals surface area contributed by atoms with Gasteiger partial charge in [0.15, 0.2) is 0 Å². The highest BCUT2D eigenvalue weighted by atomic mass is 16.1. The molecule has 7 nitrogen and oxygen atoms in total. The minimum Gasteiger partial charge on any atom is -0.347 e. The van der Waals surface area contributed by atoms with Crippen molar-refractivity contribution in [3.05, 3.63) is 34.5 Å². The van der Waals surface area contributed by atoms with E-state index in [1.54, 1.807) is 10.9 Å². The van der Waals surface area contributed by atoms with Gasteiger partial charge in [-0.3, -0.25) is 9.47 Å². The minimum atomic E-state index is -0.104. The smallest absolute Gasteiger partial charge is 0.343 e. The van der Waals surface area contributed by atoms with E-state index in [9.17, 15) is 4.79 Å². The molecule has 1 atom stereocenters. The fraction of sp³-hybridized carbons (Fsp3) is 0.615. The molecule has 2 aromatic rings. The van der Waals surface area contributed by atoms with Crippen LogP contribution in [-0.2, 0) is 13.1 Å². The van der Waals surface area contributed by atoms with Gasteiger partial charge in [0.1, 0.15) is 5.82 Å². The Morgan fingerprint density at radius 3 is 3.15 bits per heavy atom. The number of hydrogen-bond acceptors (Lipinski definition) is 4. The molecule has 7 heteroatoms. The molecule has 3 heterocycles. The van der Waals surface area contributed by atoms with Crippen LogP contribution >= 0.6 is 0 Å². The number of H-pyrrole nitrogens is 2. The number of nitrogens with one attached hydrogen (secondary N) is 2. The molecule has 0 saturated carbocycles. The molecule has 1 unspecified atom stereocenters. The molecule has 108 valence electrons. The molecule has 2 N–H and O–H groups in total. The third-order valence-electron chi connectivity index (χ3n) is 3.92. The maximum absolute atomic E-state index is 11.7. The van der Waals surface area contributed by atoms with Crippen molar-refractivity contribution in [2.45, 2.75) is 38.8 Å². The van der Waals surface area contributed by atoms with E-state index in [2.05, 4.69) is 25.1 Å². The second-order valence-corrected chi connectivity index (χ2v) is 5.28. The first-order valence-corrected chi connectivity index (χ1v) is 7.12. The van der Waals surface area contributed by atoms with E-state index in [4.69, 9.17) is 0 Å². The third-order valence-corrected chi connectivity index (χ3v) is 3.92. The Morgan fingerprint density at radius 2 is 2.40 bits per heavy atom. The van der Waals surface area contributed by atoms with Gasteiger partial charge in [0.2, 0.25) is 0 Å². The van der Waals surface area contributed by atoms with Gasteiger partial charge >= 0.3 is 5.69 Å². The Balaban J connectivity index is 1.73. The van der Waals surface area contributed by atoms with Crippen molar-refractivity contribution in [3.8, 4) is 0 Å². The molecular weight excluding hydrogens is 256 g/mol. The summed E-state index contributed by atoms with van der Waals surface area (Å²) in [5.41, 5.74) is 1.02. The molecule has 20 heavy (non-hydrogen) atoms. The zero-order valence-electron chi connectivity index (χ0n) is 11.7. The van der Waals surface area contributed by atoms with E-state index in [-0.39, 0.29) is 5.69 Å². The first kappa shape index (κ1) is 13.1. The SMILES string of the molecule is CCn1c(C2CCCN(Cc3cnc[nH]3)C2)n[nH]c1=O. The molecular formula is C13H20N6O. The summed E-state index contributed by atoms with van der Waals surface area (Å²) in [6.07, 6.45) is 5.78. The lowest BCUT2D eigenvalue weighted by atomic mass is 9.97. The molecule has 0 aromatic carbocycles. The van der Waals surface area contributed by atoms with Crippen molar-refractivity contribution in [1.82, 2.24) is 29.6 Å². The third kappa shape index (κ3) is 2.53. The lowest BCUT2D eigenvalue weighted by molar-refractivity contribution is 0.192. The number of nitrogens with zero attached hydrogens (tertiary/aromatic N) is 4. The van der Waals surface area contributed by atoms with Gasteiger partial charge in [-0.1, -0.05) is 0 Å². The van der Waals surface area contributed by atoms with Gasteiger partial charge in [-0.05, 0) is 26.3 Å². The van der Waals surface area contributed by atoms with Gasteiger partial charge < -0.3 is 4.98 Å². The first-order valence-electron chi connectivity index (χ1n) is 7.12. The van der Waals surface area contributed by atoms with E-state index in [1.807, 2.05) is 13.1 Å². The standard InChI is InChI=1S/C13H20N6O/c1-2-19-12(16-17-13(19)20)10-4-3-5-18(7-10)8-11-6-14-9-15-11/h6,9-10H,2-5,7-8H2,1H3,(H,14,15)(H,17,20). The number of hydrogen-bond donors (Lipinski definition) is 2. The molecule has 0 spiro atoms. The molecule has 0 aliphatic carbocycles. The largest absolute Gasteiger partial charge is 0.347 e. The minimum absolute atomic E-state index is 0.104. The summed E-state index contributed by atoms with van der Waals surface area (Å²) in [6, 6.07) is 0. The molecule has 2 aromatic heterocycles. The number of piperidine rings is 1. The summed E-state index contributed by atoms with van der Waals surface area (Å²) >= 11 is 0. The van der Waals surface area contributed by atoms with Crippen LogP contribution in [0.1, 0.15) is 37.2 Å². The number of imidazole rings is 1. The second kappa shape index (κ2) is 5.62. The molecule has 1 saturated heterocycles. The molecule has 1 aliphatic rings. The zero-order valence-corrected chi connectivity index (χ0v) is 11.7. The van der Waals surface area contributed by atoms with Crippen LogP contribution in [0.4, 0.5) is 0 Å². The number of likely N-dealkylation sites (tertiary alicyclic amines) is 1. The summed E-state index contributed by atoms with van der Waals surface area (Å²) in [7, 11) is 0. The van der Waals surface area contributed by atoms with Crippen LogP contribution in [0.3, 0.4) is 0 Å². The Kier molecular flexibility index (Phi) is 3.68. The first-order chi connectivity index (χ1) is 9.78. The topological polar surface area (TPSA) is 82.6 Å². The van der Waals surface area contributed by atoms with Crippen molar-refractivity contribution in [2.24, 2.45) is 0 Å². The van der Waals surface area contributed by atoms with E-state index in [0.717, 1.165) is 44.0 Å². The quantitative estimate of drug-likeness (QED) is 0.861. The summed E-state index contributed by atoms with van der Waals surface area (Å²) in [4.78, 5) is 21.2. The van der Waals surface area contributed by atoms with Crippen molar-refractivity contribution >= 4 is 0 Å². The zero-order chi connectivity index (χ0) is 13.9. The Bertz CT molecular complexity index is 599. The van der Waals surface area contributed by atoms with E-state index in [1.165, 1.54) is 0 Å². The molecule has 0 radical (unpaired) electrons. The average molecular weight is 276 g/mol. The summed E-state index contributed by atoms with van der Waals surface area (Å²) in [5, 5.41) is 6.79. The van der Waals surface area contributed by atoms with Crippen molar-refractivity contribution in [2.75, 3.05) is 13.1 Å². The summed E-state index contributed by atoms with van der Waals surface area (Å²) in [5.74, 6) is 1.22. The lowest BCUT2D eigenvalue weighted by Crippen LogP contribution is -2.35. The highest BCUT2D eigenvalue weighted by Gasteiger charge is 2.25. The lowest BCUT2D eigenvalue weighted by Gasteiger charge is -2.31. The highest BCUT2D eigenvalue weighted by Crippen LogP contribution is 2.25. The normalized spacial score (nSPS) is 20.4. The Labute approximate surface area is 117 Å². The fourth-order valence-electron chi connectivity index (χ4n) is 2.97. The van der Waals surface area contributed by atoms with Crippen molar-refractivity contribution < 1.29 is 0 Å². The van der Waals surface area contributed by atoms with Crippen LogP contribution < -0.4 is 5.69 Å². The van der Waals surface area contributed by atoms with Gasteiger partial charge in [-0.25, -0.2) is 14.9 Å². The summed E-state index contributed by atoms with van der Waals surface area (Å²) in [6.45, 7) is 5.53. The molecule has 3 rings (SSSR count). The predicted octanol–water partition coefficient (Wildman–Crippen LogP) is 0.694. The monoisotopic (exact) mass is 276 g/mol. The van der Waals surface area contributed by atoms with Crippen LogP contribution in [0.5, 0.6) is 0 Å². The van der Waals surface area contributed by atoms with Crippen LogP contribution in [-0.4, -0.2) is 42.7 Å². The van der Waals surface area contributed by atoms with E-state index >= 15 is 0 Å². The number of rotatable bonds is 4. The fourth-order valence-corrected chi connectivity index (χ4v) is 2.97. The van der Waals surface area contributed by atoms with Gasteiger partial charge in [0.25, 0.3) is 0 Å². The molecule has 1 aliphatic heterocycles. The summed E-state index contributed by atoms with van der Waals surface area (Å²) < 4.78 is 1.74. The molecule has 0 amide bonds. The second-order valence-electron chi connectivity index (χ2n) is 5.28. The van der Waals surface area contributed by atoms with Gasteiger partial charge in [-0.15, -0.1) is 0 Å². The number of aromatic nitrogens is 5. The van der Waals surface area contributed by atoms with Gasteiger partial charge in [-0.2, -0.15) is 5.10 Å². The number of aromatic amines is 2. The Morgan fingerprint density at radius 1 is 1.50 bits per heavy atom. The van der Waals surface area contributed by atoms with Crippen molar-refractivity contribution in [3.63, 3.8) is 0 Å². The van der Waals surface area contributed by atoms with Crippen LogP contribution in [0.2, 0.25) is 0 Å². The van der Waals surface area contributed by atoms with Gasteiger partial charge in [0, 0.05) is 37.4 Å². The van der Waals surface area contributed by atoms with Gasteiger partial charge in [0.05, 0.1) is 6.33 Å². The molecule has 1 fully saturated rings. The van der Waals surface area contributed by atoms with Crippen LogP contribution in [0.25, 0.3) is 0 Å². The molecule has 0 bridgehead atoms. The highest BCUT2D eigenvalue weighted by molar-refractivity contribution is 5.01. The average Bonchev–Trinajstić information content (AvgIpc) is 3.08. The maximum atomic E-state index is 11.7. The van der Waals surface area contributed by atoms with Crippen LogP contribution in [0.15, 0.2) is 17.3 Å². The predicted molar refractivity (Wildman–Crippen MR) is 74.4 cm³/mol.